The van der Waals surface area contributed by atoms with E-state index in [1.807, 2.05) is 0 Å². The Labute approximate surface area is 144 Å². The number of aryl methyl sites for hydroxylation is 1. The first-order chi connectivity index (χ1) is 12.0. The van der Waals surface area contributed by atoms with Crippen LogP contribution in [0, 0.1) is 0 Å². The molecule has 0 aromatic carbocycles. The van der Waals surface area contributed by atoms with Crippen LogP contribution in [0.3, 0.4) is 0 Å². The third-order valence-corrected chi connectivity index (χ3v) is 5.42. The number of nitrogens with one attached hydrogen (secondary N) is 1. The highest BCUT2D eigenvalue weighted by Gasteiger charge is 2.45. The maximum atomic E-state index is 12.7. The summed E-state index contributed by atoms with van der Waals surface area (Å²) in [6.07, 6.45) is 5.37. The number of amides is 4. The summed E-state index contributed by atoms with van der Waals surface area (Å²) < 4.78 is 0. The highest BCUT2D eigenvalue weighted by Crippen LogP contribution is 2.44. The van der Waals surface area contributed by atoms with Crippen molar-refractivity contribution in [3.8, 4) is 0 Å². The quantitative estimate of drug-likeness (QED) is 0.692. The van der Waals surface area contributed by atoms with Crippen molar-refractivity contribution in [2.75, 3.05) is 31.9 Å². The Bertz CT molecular complexity index is 746. The highest BCUT2D eigenvalue weighted by atomic mass is 16.2. The van der Waals surface area contributed by atoms with Crippen molar-refractivity contribution in [2.24, 2.45) is 0 Å². The van der Waals surface area contributed by atoms with Crippen molar-refractivity contribution in [3.05, 3.63) is 17.5 Å². The van der Waals surface area contributed by atoms with Crippen LogP contribution in [0.15, 0.2) is 6.20 Å². The first kappa shape index (κ1) is 15.8. The number of nitrogens with two attached hydrogens (primary N) is 1. The predicted molar refractivity (Wildman–Crippen MR) is 87.4 cm³/mol. The number of aromatic nitrogens is 2. The largest absolute Gasteiger partial charge is 0.368 e. The van der Waals surface area contributed by atoms with Crippen LogP contribution in [0.4, 0.5) is 10.7 Å². The van der Waals surface area contributed by atoms with Crippen molar-refractivity contribution in [1.29, 1.82) is 0 Å². The second-order valence-electron chi connectivity index (χ2n) is 6.94. The van der Waals surface area contributed by atoms with Gasteiger partial charge in [-0.1, -0.05) is 0 Å². The molecule has 4 rings (SSSR count). The first-order valence-electron chi connectivity index (χ1n) is 8.46. The van der Waals surface area contributed by atoms with E-state index in [2.05, 4.69) is 15.3 Å². The Morgan fingerprint density at radius 3 is 2.96 bits per heavy atom. The topological polar surface area (TPSA) is 122 Å². The number of carbonyl (C=O) groups excluding carboxylic acids is 3. The van der Waals surface area contributed by atoms with Crippen LogP contribution < -0.4 is 11.1 Å². The fourth-order valence-electron chi connectivity index (χ4n) is 4.15. The number of piperidine rings is 1. The number of imide groups is 1. The monoisotopic (exact) mass is 344 g/mol. The molecule has 9 heteroatoms. The molecule has 3 aliphatic rings. The van der Waals surface area contributed by atoms with Crippen LogP contribution in [-0.2, 0) is 21.4 Å². The van der Waals surface area contributed by atoms with Gasteiger partial charge < -0.3 is 16.0 Å². The van der Waals surface area contributed by atoms with Gasteiger partial charge in [0.25, 0.3) is 5.91 Å². The van der Waals surface area contributed by atoms with E-state index >= 15 is 0 Å². The molecular weight excluding hydrogens is 324 g/mol. The molecule has 2 saturated heterocycles. The summed E-state index contributed by atoms with van der Waals surface area (Å²) in [5.74, 6) is -0.320. The molecule has 3 heterocycles. The van der Waals surface area contributed by atoms with E-state index in [4.69, 9.17) is 5.73 Å². The van der Waals surface area contributed by atoms with Gasteiger partial charge in [-0.25, -0.2) is 14.8 Å². The van der Waals surface area contributed by atoms with Crippen LogP contribution in [0.25, 0.3) is 0 Å². The van der Waals surface area contributed by atoms with Crippen LogP contribution in [0.5, 0.6) is 0 Å². The van der Waals surface area contributed by atoms with Crippen LogP contribution in [0.2, 0.25) is 0 Å². The Morgan fingerprint density at radius 2 is 2.20 bits per heavy atom. The van der Waals surface area contributed by atoms with Gasteiger partial charge in [-0.3, -0.25) is 14.5 Å². The highest BCUT2D eigenvalue weighted by molar-refractivity contribution is 6.04. The Balaban J connectivity index is 1.52. The number of fused-ring (bicyclic) bond motifs is 2. The lowest BCUT2D eigenvalue weighted by molar-refractivity contribution is -0.138. The molecule has 9 nitrogen and oxygen atoms in total. The lowest BCUT2D eigenvalue weighted by Crippen LogP contribution is -2.51. The SMILES string of the molecule is Nc1ncc2c(n1)C1(CCCN(C(=O)CN3C(=O)CNC3=O)C1)CC2. The Kier molecular flexibility index (Phi) is 3.59. The van der Waals surface area contributed by atoms with E-state index in [9.17, 15) is 14.4 Å². The standard InChI is InChI=1S/C16H20N6O3/c17-14-18-6-10-2-4-16(13(10)20-14)3-1-5-21(9-16)12(24)8-22-11(23)7-19-15(22)25/h6H,1-5,7-9H2,(H,19,25)(H2,17,18,20). The zero-order valence-electron chi connectivity index (χ0n) is 13.8. The molecule has 1 aromatic heterocycles. The maximum absolute atomic E-state index is 12.7. The number of hydrogen-bond acceptors (Lipinski definition) is 6. The number of likely N-dealkylation sites (tertiary alicyclic amines) is 1. The average Bonchev–Trinajstić information content (AvgIpc) is 3.10. The second kappa shape index (κ2) is 5.68. The molecule has 3 N–H and O–H groups in total. The Morgan fingerprint density at radius 1 is 1.36 bits per heavy atom. The first-order valence-corrected chi connectivity index (χ1v) is 8.46. The van der Waals surface area contributed by atoms with Crippen LogP contribution >= 0.6 is 0 Å². The van der Waals surface area contributed by atoms with Crippen LogP contribution in [0.1, 0.15) is 30.5 Å². The minimum absolute atomic E-state index is 0.0420. The van der Waals surface area contributed by atoms with Gasteiger partial charge in [-0.05, 0) is 31.2 Å². The smallest absolute Gasteiger partial charge is 0.325 e. The summed E-state index contributed by atoms with van der Waals surface area (Å²) in [4.78, 5) is 47.2. The van der Waals surface area contributed by atoms with E-state index in [-0.39, 0.29) is 36.3 Å². The molecule has 132 valence electrons. The van der Waals surface area contributed by atoms with Gasteiger partial charge in [-0.2, -0.15) is 0 Å². The fourth-order valence-corrected chi connectivity index (χ4v) is 4.15. The van der Waals surface area contributed by atoms with E-state index in [0.717, 1.165) is 41.8 Å². The number of carbonyl (C=O) groups is 3. The van der Waals surface area contributed by atoms with Crippen molar-refractivity contribution >= 4 is 23.8 Å². The molecule has 2 aliphatic heterocycles. The number of anilines is 1. The molecular formula is C16H20N6O3. The number of nitrogens with zero attached hydrogens (tertiary/aromatic N) is 4. The average molecular weight is 344 g/mol. The van der Waals surface area contributed by atoms with E-state index in [1.54, 1.807) is 11.1 Å². The third-order valence-electron chi connectivity index (χ3n) is 5.42. The molecule has 1 spiro atoms. The van der Waals surface area contributed by atoms with Crippen LogP contribution in [-0.4, -0.2) is 63.8 Å². The number of rotatable bonds is 2. The molecule has 1 unspecified atom stereocenters. The van der Waals surface area contributed by atoms with E-state index < -0.39 is 6.03 Å². The lowest BCUT2D eigenvalue weighted by atomic mass is 9.77. The fraction of sp³-hybridized carbons (Fsp3) is 0.562. The molecule has 0 saturated carbocycles. The van der Waals surface area contributed by atoms with Gasteiger partial charge in [0.1, 0.15) is 6.54 Å². The van der Waals surface area contributed by atoms with Gasteiger partial charge in [0.2, 0.25) is 11.9 Å². The summed E-state index contributed by atoms with van der Waals surface area (Å²) in [6, 6.07) is -0.503. The zero-order chi connectivity index (χ0) is 17.6. The summed E-state index contributed by atoms with van der Waals surface area (Å²) in [6.45, 7) is 0.915. The molecule has 4 amide bonds. The zero-order valence-corrected chi connectivity index (χ0v) is 13.8. The van der Waals surface area contributed by atoms with Gasteiger partial charge >= 0.3 is 6.03 Å². The normalized spacial score (nSPS) is 25.4. The number of nitrogen functional groups attached to an aromatic ring is 1. The molecule has 2 fully saturated rings. The second-order valence-corrected chi connectivity index (χ2v) is 6.94. The van der Waals surface area contributed by atoms with Crippen molar-refractivity contribution in [2.45, 2.75) is 31.1 Å². The van der Waals surface area contributed by atoms with E-state index in [0.29, 0.717) is 13.1 Å². The van der Waals surface area contributed by atoms with Crippen molar-refractivity contribution in [1.82, 2.24) is 25.1 Å². The summed E-state index contributed by atoms with van der Waals surface area (Å²) >= 11 is 0. The summed E-state index contributed by atoms with van der Waals surface area (Å²) in [7, 11) is 0. The minimum Gasteiger partial charge on any atom is -0.368 e. The molecule has 1 aromatic rings. The minimum atomic E-state index is -0.503. The number of hydrogen-bond donors (Lipinski definition) is 2. The van der Waals surface area contributed by atoms with Gasteiger partial charge in [0, 0.05) is 24.7 Å². The van der Waals surface area contributed by atoms with Gasteiger partial charge in [0.05, 0.1) is 12.2 Å². The maximum Gasteiger partial charge on any atom is 0.325 e. The molecule has 25 heavy (non-hydrogen) atoms. The third kappa shape index (κ3) is 2.59. The predicted octanol–water partition coefficient (Wildman–Crippen LogP) is -0.583. The summed E-state index contributed by atoms with van der Waals surface area (Å²) in [5.41, 5.74) is 7.61. The lowest BCUT2D eigenvalue weighted by Gasteiger charge is -2.40. The van der Waals surface area contributed by atoms with Crippen molar-refractivity contribution < 1.29 is 14.4 Å². The summed E-state index contributed by atoms with van der Waals surface area (Å²) in [5, 5.41) is 2.43. The Hall–Kier alpha value is -2.71. The molecule has 0 bridgehead atoms. The van der Waals surface area contributed by atoms with Gasteiger partial charge in [-0.15, -0.1) is 0 Å². The number of urea groups is 1. The van der Waals surface area contributed by atoms with E-state index in [1.165, 1.54) is 0 Å². The van der Waals surface area contributed by atoms with Gasteiger partial charge in [0.15, 0.2) is 0 Å². The molecule has 0 radical (unpaired) electrons. The van der Waals surface area contributed by atoms with Crippen molar-refractivity contribution in [3.63, 3.8) is 0 Å². The molecule has 1 aliphatic carbocycles. The molecule has 1 atom stereocenters.